The lowest BCUT2D eigenvalue weighted by Crippen LogP contribution is -2.33. The van der Waals surface area contributed by atoms with Gasteiger partial charge in [-0.2, -0.15) is 0 Å². The van der Waals surface area contributed by atoms with Crippen molar-refractivity contribution in [1.29, 1.82) is 0 Å². The van der Waals surface area contributed by atoms with Crippen LogP contribution in [-0.2, 0) is 0 Å². The Bertz CT molecular complexity index is 421. The molecule has 1 aromatic rings. The van der Waals surface area contributed by atoms with Gasteiger partial charge >= 0.3 is 0 Å². The van der Waals surface area contributed by atoms with Gasteiger partial charge in [0.15, 0.2) is 0 Å². The minimum absolute atomic E-state index is 0.0689. The third kappa shape index (κ3) is 2.25. The first-order valence-corrected chi connectivity index (χ1v) is 6.52. The van der Waals surface area contributed by atoms with E-state index in [0.29, 0.717) is 16.6 Å². The van der Waals surface area contributed by atoms with Crippen molar-refractivity contribution in [2.75, 3.05) is 6.54 Å². The largest absolute Gasteiger partial charge is 0.336 e. The van der Waals surface area contributed by atoms with Crippen LogP contribution in [0.15, 0.2) is 22.7 Å². The zero-order valence-corrected chi connectivity index (χ0v) is 11.4. The molecule has 0 spiro atoms. The average Bonchev–Trinajstić information content (AvgIpc) is 2.67. The zero-order valence-electron chi connectivity index (χ0n) is 9.04. The highest BCUT2D eigenvalue weighted by Crippen LogP contribution is 2.26. The number of hydrogen-bond acceptors (Lipinski definition) is 1. The van der Waals surface area contributed by atoms with Gasteiger partial charge in [0.25, 0.3) is 5.91 Å². The van der Waals surface area contributed by atoms with Gasteiger partial charge in [-0.25, -0.2) is 0 Å². The van der Waals surface area contributed by atoms with E-state index in [1.54, 1.807) is 12.1 Å². The Labute approximate surface area is 109 Å². The summed E-state index contributed by atoms with van der Waals surface area (Å²) < 4.78 is 0.806. The van der Waals surface area contributed by atoms with Crippen molar-refractivity contribution in [3.63, 3.8) is 0 Å². The van der Waals surface area contributed by atoms with Crippen LogP contribution in [0.4, 0.5) is 0 Å². The van der Waals surface area contributed by atoms with E-state index >= 15 is 0 Å². The number of benzene rings is 1. The molecule has 1 amide bonds. The van der Waals surface area contributed by atoms with Crippen LogP contribution in [0.3, 0.4) is 0 Å². The van der Waals surface area contributed by atoms with Crippen LogP contribution in [0.5, 0.6) is 0 Å². The summed E-state index contributed by atoms with van der Waals surface area (Å²) in [5.74, 6) is 0.0689. The van der Waals surface area contributed by atoms with Crippen LogP contribution in [0.25, 0.3) is 0 Å². The fourth-order valence-electron chi connectivity index (χ4n) is 2.05. The Kier molecular flexibility index (Phi) is 3.55. The van der Waals surface area contributed by atoms with Crippen LogP contribution < -0.4 is 0 Å². The van der Waals surface area contributed by atoms with Gasteiger partial charge in [0, 0.05) is 22.1 Å². The molecule has 1 aliphatic rings. The lowest BCUT2D eigenvalue weighted by molar-refractivity contribution is 0.0746. The summed E-state index contributed by atoms with van der Waals surface area (Å²) in [5, 5.41) is 0.596. The van der Waals surface area contributed by atoms with Crippen molar-refractivity contribution in [2.24, 2.45) is 0 Å². The molecule has 0 radical (unpaired) electrons. The Morgan fingerprint density at radius 1 is 1.56 bits per heavy atom. The molecule has 1 unspecified atom stereocenters. The van der Waals surface area contributed by atoms with Crippen LogP contribution in [0, 0.1) is 0 Å². The molecule has 1 heterocycles. The van der Waals surface area contributed by atoms with Crippen molar-refractivity contribution >= 4 is 33.4 Å². The monoisotopic (exact) mass is 301 g/mol. The zero-order chi connectivity index (χ0) is 11.7. The van der Waals surface area contributed by atoms with Gasteiger partial charge in [-0.3, -0.25) is 4.79 Å². The number of amides is 1. The van der Waals surface area contributed by atoms with Crippen molar-refractivity contribution in [3.05, 3.63) is 33.3 Å². The number of carbonyl (C=O) groups is 1. The molecule has 0 saturated carbocycles. The highest BCUT2D eigenvalue weighted by atomic mass is 79.9. The Morgan fingerprint density at radius 2 is 2.31 bits per heavy atom. The van der Waals surface area contributed by atoms with Gasteiger partial charge in [0.2, 0.25) is 0 Å². The second-order valence-corrected chi connectivity index (χ2v) is 5.40. The molecule has 1 fully saturated rings. The highest BCUT2D eigenvalue weighted by molar-refractivity contribution is 9.10. The number of rotatable bonds is 1. The number of likely N-dealkylation sites (tertiary alicyclic amines) is 1. The Balaban J connectivity index is 2.29. The standard InChI is InChI=1S/C12H13BrClNO/c1-8-3-2-6-15(8)12(16)10-7-9(14)4-5-11(10)13/h4-5,7-8H,2-3,6H2,1H3. The molecule has 0 aliphatic carbocycles. The second kappa shape index (κ2) is 4.76. The number of carbonyl (C=O) groups excluding carboxylic acids is 1. The molecule has 0 N–H and O–H groups in total. The van der Waals surface area contributed by atoms with Crippen LogP contribution in [0.1, 0.15) is 30.1 Å². The molecule has 1 aliphatic heterocycles. The summed E-state index contributed by atoms with van der Waals surface area (Å²) in [6, 6.07) is 5.64. The number of hydrogen-bond donors (Lipinski definition) is 0. The molecular weight excluding hydrogens is 289 g/mol. The summed E-state index contributed by atoms with van der Waals surface area (Å²) in [7, 11) is 0. The third-order valence-electron chi connectivity index (χ3n) is 2.97. The summed E-state index contributed by atoms with van der Waals surface area (Å²) in [6.07, 6.45) is 2.18. The van der Waals surface area contributed by atoms with E-state index in [1.807, 2.05) is 11.0 Å². The van der Waals surface area contributed by atoms with E-state index in [1.165, 1.54) is 0 Å². The molecular formula is C12H13BrClNO. The summed E-state index contributed by atoms with van der Waals surface area (Å²) >= 11 is 9.30. The van der Waals surface area contributed by atoms with Crippen molar-refractivity contribution < 1.29 is 4.79 Å². The predicted octanol–water partition coefficient (Wildman–Crippen LogP) is 3.73. The predicted molar refractivity (Wildman–Crippen MR) is 68.9 cm³/mol. The topological polar surface area (TPSA) is 20.3 Å². The number of halogens is 2. The fourth-order valence-corrected chi connectivity index (χ4v) is 2.64. The van der Waals surface area contributed by atoms with E-state index in [0.717, 1.165) is 23.9 Å². The maximum Gasteiger partial charge on any atom is 0.255 e. The lowest BCUT2D eigenvalue weighted by atomic mass is 10.2. The molecule has 0 aromatic heterocycles. The third-order valence-corrected chi connectivity index (χ3v) is 3.90. The Hall–Kier alpha value is -0.540. The summed E-state index contributed by atoms with van der Waals surface area (Å²) in [5.41, 5.74) is 0.654. The first-order chi connectivity index (χ1) is 7.59. The SMILES string of the molecule is CC1CCCN1C(=O)c1cc(Cl)ccc1Br. The maximum atomic E-state index is 12.3. The minimum Gasteiger partial charge on any atom is -0.336 e. The minimum atomic E-state index is 0.0689. The van der Waals surface area contributed by atoms with Crippen molar-refractivity contribution in [3.8, 4) is 0 Å². The normalized spacial score (nSPS) is 20.2. The molecule has 86 valence electrons. The van der Waals surface area contributed by atoms with E-state index in [2.05, 4.69) is 22.9 Å². The molecule has 1 atom stereocenters. The summed E-state index contributed by atoms with van der Waals surface area (Å²) in [4.78, 5) is 14.2. The van der Waals surface area contributed by atoms with Gasteiger partial charge in [0.1, 0.15) is 0 Å². The molecule has 0 bridgehead atoms. The van der Waals surface area contributed by atoms with Crippen molar-refractivity contribution in [2.45, 2.75) is 25.8 Å². The smallest absolute Gasteiger partial charge is 0.255 e. The first kappa shape index (κ1) is 11.9. The van der Waals surface area contributed by atoms with Crippen molar-refractivity contribution in [1.82, 2.24) is 4.90 Å². The van der Waals surface area contributed by atoms with Gasteiger partial charge in [-0.05, 0) is 53.9 Å². The number of nitrogens with zero attached hydrogens (tertiary/aromatic N) is 1. The lowest BCUT2D eigenvalue weighted by Gasteiger charge is -2.22. The Morgan fingerprint density at radius 3 is 2.94 bits per heavy atom. The van der Waals surface area contributed by atoms with Gasteiger partial charge in [-0.1, -0.05) is 11.6 Å². The second-order valence-electron chi connectivity index (χ2n) is 4.11. The van der Waals surface area contributed by atoms with Gasteiger partial charge in [-0.15, -0.1) is 0 Å². The molecule has 1 saturated heterocycles. The quantitative estimate of drug-likeness (QED) is 0.774. The molecule has 2 rings (SSSR count). The van der Waals surface area contributed by atoms with Crippen LogP contribution in [-0.4, -0.2) is 23.4 Å². The van der Waals surface area contributed by atoms with E-state index in [9.17, 15) is 4.79 Å². The van der Waals surface area contributed by atoms with Gasteiger partial charge in [0.05, 0.1) is 5.56 Å². The molecule has 1 aromatic carbocycles. The average molecular weight is 303 g/mol. The first-order valence-electron chi connectivity index (χ1n) is 5.35. The maximum absolute atomic E-state index is 12.3. The van der Waals surface area contributed by atoms with Crippen LogP contribution in [0.2, 0.25) is 5.02 Å². The van der Waals surface area contributed by atoms with E-state index in [-0.39, 0.29) is 5.91 Å². The highest BCUT2D eigenvalue weighted by Gasteiger charge is 2.27. The molecule has 2 nitrogen and oxygen atoms in total. The fraction of sp³-hybridized carbons (Fsp3) is 0.417. The van der Waals surface area contributed by atoms with E-state index < -0.39 is 0 Å². The molecule has 4 heteroatoms. The van der Waals surface area contributed by atoms with Gasteiger partial charge < -0.3 is 4.90 Å². The van der Waals surface area contributed by atoms with E-state index in [4.69, 9.17) is 11.6 Å². The summed E-state index contributed by atoms with van der Waals surface area (Å²) in [6.45, 7) is 2.93. The molecule has 16 heavy (non-hydrogen) atoms. The van der Waals surface area contributed by atoms with Crippen LogP contribution >= 0.6 is 27.5 Å².